The summed E-state index contributed by atoms with van der Waals surface area (Å²) in [6.45, 7) is 2.12. The fourth-order valence-corrected chi connectivity index (χ4v) is 1.99. The van der Waals surface area contributed by atoms with Crippen LogP contribution in [-0.2, 0) is 16.2 Å². The van der Waals surface area contributed by atoms with Crippen molar-refractivity contribution < 1.29 is 14.2 Å². The van der Waals surface area contributed by atoms with E-state index in [0.717, 1.165) is 17.7 Å². The lowest BCUT2D eigenvalue weighted by molar-refractivity contribution is -0.131. The van der Waals surface area contributed by atoms with Gasteiger partial charge in [0.1, 0.15) is 0 Å². The fraction of sp³-hybridized carbons (Fsp3) is 0.357. The Bertz CT molecular complexity index is 683. The molecule has 22 heavy (non-hydrogen) atoms. The summed E-state index contributed by atoms with van der Waals surface area (Å²) < 4.78 is 5.10. The lowest BCUT2D eigenvalue weighted by Crippen LogP contribution is -2.34. The van der Waals surface area contributed by atoms with E-state index in [9.17, 15) is 4.79 Å². The molecule has 0 aromatic carbocycles. The minimum absolute atomic E-state index is 0.146. The van der Waals surface area contributed by atoms with Gasteiger partial charge >= 0.3 is 0 Å². The molecule has 0 aliphatic carbocycles. The molecule has 3 heterocycles. The monoisotopic (exact) mass is 301 g/mol. The third-order valence-corrected chi connectivity index (χ3v) is 3.23. The van der Waals surface area contributed by atoms with Crippen LogP contribution in [0.5, 0.6) is 0 Å². The summed E-state index contributed by atoms with van der Waals surface area (Å²) in [6.07, 6.45) is 4.03. The molecule has 0 radical (unpaired) electrons. The number of aromatic nitrogens is 3. The molecule has 0 saturated carbocycles. The van der Waals surface area contributed by atoms with Crippen molar-refractivity contribution in [3.05, 3.63) is 30.4 Å². The quantitative estimate of drug-likeness (QED) is 0.893. The molecule has 3 rings (SSSR count). The van der Waals surface area contributed by atoms with Gasteiger partial charge in [0.2, 0.25) is 17.8 Å². The molecule has 0 saturated heterocycles. The van der Waals surface area contributed by atoms with Gasteiger partial charge < -0.3 is 14.7 Å². The van der Waals surface area contributed by atoms with Crippen molar-refractivity contribution in [1.29, 1.82) is 0 Å². The summed E-state index contributed by atoms with van der Waals surface area (Å²) in [5.41, 5.74) is 1.64. The predicted octanol–water partition coefficient (Wildman–Crippen LogP) is 1.30. The van der Waals surface area contributed by atoms with Gasteiger partial charge in [0.15, 0.2) is 0 Å². The summed E-state index contributed by atoms with van der Waals surface area (Å²) in [6, 6.07) is 3.62. The predicted molar refractivity (Wildman–Crippen MR) is 76.6 cm³/mol. The number of rotatable bonds is 5. The topological polar surface area (TPSA) is 102 Å². The minimum atomic E-state index is -0.573. The molecule has 1 aliphatic heterocycles. The SMILES string of the molecule is CCC1=NOC(C(=O)NCc2nc(-c3cccnc3)no2)C1. The molecule has 1 aliphatic rings. The van der Waals surface area contributed by atoms with Crippen LogP contribution in [0.4, 0.5) is 0 Å². The standard InChI is InChI=1S/C14H15N5O3/c1-2-10-6-11(21-18-10)14(20)16-8-12-17-13(19-22-12)9-4-3-5-15-7-9/h3-5,7,11H,2,6,8H2,1H3,(H,16,20). The number of nitrogens with zero attached hydrogens (tertiary/aromatic N) is 4. The first-order chi connectivity index (χ1) is 10.8. The van der Waals surface area contributed by atoms with Crippen molar-refractivity contribution in [2.45, 2.75) is 32.4 Å². The average molecular weight is 301 g/mol. The van der Waals surface area contributed by atoms with Gasteiger partial charge in [-0.05, 0) is 18.6 Å². The van der Waals surface area contributed by atoms with E-state index in [4.69, 9.17) is 9.36 Å². The van der Waals surface area contributed by atoms with Gasteiger partial charge in [-0.25, -0.2) is 0 Å². The maximum Gasteiger partial charge on any atom is 0.264 e. The maximum atomic E-state index is 11.9. The van der Waals surface area contributed by atoms with Crippen LogP contribution < -0.4 is 5.32 Å². The first-order valence-corrected chi connectivity index (χ1v) is 6.98. The second-order valence-corrected chi connectivity index (χ2v) is 4.78. The Morgan fingerprint density at radius 3 is 3.14 bits per heavy atom. The Morgan fingerprint density at radius 2 is 2.41 bits per heavy atom. The fourth-order valence-electron chi connectivity index (χ4n) is 1.99. The van der Waals surface area contributed by atoms with Crippen LogP contribution in [0.15, 0.2) is 34.2 Å². The lowest BCUT2D eigenvalue weighted by atomic mass is 10.1. The first-order valence-electron chi connectivity index (χ1n) is 6.98. The Kier molecular flexibility index (Phi) is 4.08. The van der Waals surface area contributed by atoms with Crippen LogP contribution >= 0.6 is 0 Å². The third-order valence-electron chi connectivity index (χ3n) is 3.23. The second-order valence-electron chi connectivity index (χ2n) is 4.78. The molecule has 1 N–H and O–H groups in total. The molecule has 0 fully saturated rings. The van der Waals surface area contributed by atoms with Crippen molar-refractivity contribution >= 4 is 11.6 Å². The zero-order valence-corrected chi connectivity index (χ0v) is 12.0. The van der Waals surface area contributed by atoms with Gasteiger partial charge in [0.25, 0.3) is 5.91 Å². The Labute approximate surface area is 126 Å². The lowest BCUT2D eigenvalue weighted by Gasteiger charge is -2.07. The van der Waals surface area contributed by atoms with Crippen LogP contribution in [-0.4, -0.2) is 32.8 Å². The molecule has 8 heteroatoms. The van der Waals surface area contributed by atoms with Crippen LogP contribution in [0.3, 0.4) is 0 Å². The second kappa shape index (κ2) is 6.33. The van der Waals surface area contributed by atoms with E-state index < -0.39 is 6.10 Å². The maximum absolute atomic E-state index is 11.9. The van der Waals surface area contributed by atoms with Gasteiger partial charge in [-0.3, -0.25) is 9.78 Å². The number of carbonyl (C=O) groups excluding carboxylic acids is 1. The van der Waals surface area contributed by atoms with E-state index in [-0.39, 0.29) is 12.5 Å². The summed E-state index contributed by atoms with van der Waals surface area (Å²) in [5, 5.41) is 10.4. The van der Waals surface area contributed by atoms with Crippen molar-refractivity contribution in [3.63, 3.8) is 0 Å². The van der Waals surface area contributed by atoms with Crippen LogP contribution in [0.1, 0.15) is 25.7 Å². The van der Waals surface area contributed by atoms with Gasteiger partial charge in [0.05, 0.1) is 12.3 Å². The molecule has 1 atom stereocenters. The van der Waals surface area contributed by atoms with E-state index in [0.29, 0.717) is 18.1 Å². The Balaban J connectivity index is 1.54. The van der Waals surface area contributed by atoms with Crippen LogP contribution in [0.25, 0.3) is 11.4 Å². The van der Waals surface area contributed by atoms with Gasteiger partial charge in [-0.15, -0.1) is 0 Å². The summed E-state index contributed by atoms with van der Waals surface area (Å²) in [7, 11) is 0. The Hall–Kier alpha value is -2.77. The van der Waals surface area contributed by atoms with Crippen molar-refractivity contribution in [2.24, 2.45) is 5.16 Å². The number of amides is 1. The molecule has 1 amide bonds. The largest absolute Gasteiger partial charge is 0.382 e. The van der Waals surface area contributed by atoms with E-state index in [1.807, 2.05) is 13.0 Å². The number of oxime groups is 1. The van der Waals surface area contributed by atoms with Gasteiger partial charge in [-0.1, -0.05) is 17.2 Å². The molecular formula is C14H15N5O3. The highest BCUT2D eigenvalue weighted by Gasteiger charge is 2.27. The number of hydrogen-bond acceptors (Lipinski definition) is 7. The minimum Gasteiger partial charge on any atom is -0.382 e. The molecule has 114 valence electrons. The number of nitrogens with one attached hydrogen (secondary N) is 1. The molecular weight excluding hydrogens is 286 g/mol. The van der Waals surface area contributed by atoms with Crippen LogP contribution in [0.2, 0.25) is 0 Å². The molecule has 0 bridgehead atoms. The zero-order chi connectivity index (χ0) is 15.4. The Morgan fingerprint density at radius 1 is 1.50 bits per heavy atom. The van der Waals surface area contributed by atoms with Gasteiger partial charge in [0, 0.05) is 24.4 Å². The van der Waals surface area contributed by atoms with Crippen molar-refractivity contribution in [1.82, 2.24) is 20.4 Å². The highest BCUT2D eigenvalue weighted by molar-refractivity contribution is 5.92. The number of pyridine rings is 1. The summed E-state index contributed by atoms with van der Waals surface area (Å²) >= 11 is 0. The summed E-state index contributed by atoms with van der Waals surface area (Å²) in [4.78, 5) is 25.2. The van der Waals surface area contributed by atoms with E-state index in [1.54, 1.807) is 18.5 Å². The number of carbonyl (C=O) groups is 1. The smallest absolute Gasteiger partial charge is 0.264 e. The molecule has 1 unspecified atom stereocenters. The van der Waals surface area contributed by atoms with E-state index in [2.05, 4.69) is 25.6 Å². The van der Waals surface area contributed by atoms with Crippen molar-refractivity contribution in [2.75, 3.05) is 0 Å². The third kappa shape index (κ3) is 3.11. The normalized spacial score (nSPS) is 17.0. The zero-order valence-electron chi connectivity index (χ0n) is 12.0. The molecule has 2 aromatic rings. The number of hydrogen-bond donors (Lipinski definition) is 1. The van der Waals surface area contributed by atoms with Crippen molar-refractivity contribution in [3.8, 4) is 11.4 Å². The average Bonchev–Trinajstić information content (AvgIpc) is 3.22. The highest BCUT2D eigenvalue weighted by Crippen LogP contribution is 2.14. The van der Waals surface area contributed by atoms with E-state index >= 15 is 0 Å². The van der Waals surface area contributed by atoms with E-state index in [1.165, 1.54) is 0 Å². The van der Waals surface area contributed by atoms with Crippen LogP contribution in [0, 0.1) is 0 Å². The first kappa shape index (κ1) is 14.2. The highest BCUT2D eigenvalue weighted by atomic mass is 16.6. The molecule has 0 spiro atoms. The molecule has 8 nitrogen and oxygen atoms in total. The molecule has 2 aromatic heterocycles. The summed E-state index contributed by atoms with van der Waals surface area (Å²) in [5.74, 6) is 0.515. The van der Waals surface area contributed by atoms with Gasteiger partial charge in [-0.2, -0.15) is 4.98 Å².